The van der Waals surface area contributed by atoms with Gasteiger partial charge in [-0.05, 0) is 62.6 Å². The van der Waals surface area contributed by atoms with Crippen molar-refractivity contribution in [3.8, 4) is 5.75 Å². The van der Waals surface area contributed by atoms with Gasteiger partial charge in [0.25, 0.3) is 5.91 Å². The molecule has 3 N–H and O–H groups in total. The zero-order valence-corrected chi connectivity index (χ0v) is 16.9. The Morgan fingerprint density at radius 2 is 2.22 bits per heavy atom. The number of phenolic OH excluding ortho intramolecular Hbond substituents is 1. The number of amidine groups is 1. The van der Waals surface area contributed by atoms with E-state index in [-0.39, 0.29) is 11.7 Å². The second-order valence-electron chi connectivity index (χ2n) is 6.25. The third-order valence-corrected chi connectivity index (χ3v) is 5.50. The predicted octanol–water partition coefficient (Wildman–Crippen LogP) is 3.02. The van der Waals surface area contributed by atoms with E-state index in [1.54, 1.807) is 24.4 Å². The van der Waals surface area contributed by atoms with Gasteiger partial charge in [0.05, 0.1) is 15.5 Å². The zero-order valence-electron chi connectivity index (χ0n) is 15.3. The van der Waals surface area contributed by atoms with Crippen LogP contribution in [0, 0.1) is 6.92 Å². The van der Waals surface area contributed by atoms with Gasteiger partial charge in [0.15, 0.2) is 10.3 Å². The van der Waals surface area contributed by atoms with Gasteiger partial charge in [-0.25, -0.2) is 9.98 Å². The lowest BCUT2D eigenvalue weighted by molar-refractivity contribution is -0.115. The summed E-state index contributed by atoms with van der Waals surface area (Å²) in [7, 11) is 4.04. The number of carbonyl (C=O) groups is 1. The quantitative estimate of drug-likeness (QED) is 0.643. The molecule has 9 heteroatoms. The van der Waals surface area contributed by atoms with Crippen molar-refractivity contribution in [2.75, 3.05) is 32.5 Å². The second-order valence-corrected chi connectivity index (χ2v) is 8.34. The number of nitrogens with one attached hydrogen (secondary N) is 2. The van der Waals surface area contributed by atoms with Crippen LogP contribution >= 0.6 is 23.1 Å². The van der Waals surface area contributed by atoms with Crippen molar-refractivity contribution in [2.24, 2.45) is 4.99 Å². The summed E-state index contributed by atoms with van der Waals surface area (Å²) < 4.78 is 0. The van der Waals surface area contributed by atoms with Gasteiger partial charge in [0, 0.05) is 19.3 Å². The van der Waals surface area contributed by atoms with Gasteiger partial charge in [-0.15, -0.1) is 0 Å². The van der Waals surface area contributed by atoms with Crippen molar-refractivity contribution in [3.63, 3.8) is 0 Å². The Labute approximate surface area is 166 Å². The summed E-state index contributed by atoms with van der Waals surface area (Å²) >= 11 is 2.80. The first-order chi connectivity index (χ1) is 12.9. The van der Waals surface area contributed by atoms with Crippen molar-refractivity contribution in [1.82, 2.24) is 15.2 Å². The molecule has 0 radical (unpaired) electrons. The molecule has 0 saturated carbocycles. The number of hydrogen-bond acceptors (Lipinski definition) is 8. The van der Waals surface area contributed by atoms with Crippen molar-refractivity contribution >= 4 is 51.1 Å². The number of carbonyl (C=O) groups excluding carboxylic acids is 1. The van der Waals surface area contributed by atoms with E-state index in [1.165, 1.54) is 23.1 Å². The number of benzene rings is 1. The minimum Gasteiger partial charge on any atom is -0.508 e. The molecular weight excluding hydrogens is 382 g/mol. The average Bonchev–Trinajstić information content (AvgIpc) is 3.17. The molecule has 1 saturated heterocycles. The Morgan fingerprint density at radius 3 is 2.96 bits per heavy atom. The first-order valence-electron chi connectivity index (χ1n) is 8.34. The topological polar surface area (TPSA) is 89.9 Å². The Kier molecular flexibility index (Phi) is 6.15. The van der Waals surface area contributed by atoms with Crippen LogP contribution in [0.1, 0.15) is 10.4 Å². The van der Waals surface area contributed by atoms with Crippen LogP contribution in [0.4, 0.5) is 10.8 Å². The molecule has 2 heterocycles. The number of thiazole rings is 1. The van der Waals surface area contributed by atoms with Crippen molar-refractivity contribution in [2.45, 2.75) is 6.92 Å². The van der Waals surface area contributed by atoms with Crippen LogP contribution in [0.5, 0.6) is 5.75 Å². The van der Waals surface area contributed by atoms with Gasteiger partial charge in [-0.2, -0.15) is 0 Å². The Hall–Kier alpha value is -2.36. The Bertz CT molecular complexity index is 905. The third-order valence-electron chi connectivity index (χ3n) is 3.69. The summed E-state index contributed by atoms with van der Waals surface area (Å²) in [5, 5.41) is 16.9. The van der Waals surface area contributed by atoms with Crippen LogP contribution in [0.25, 0.3) is 6.08 Å². The van der Waals surface area contributed by atoms with Crippen LogP contribution in [-0.2, 0) is 4.79 Å². The van der Waals surface area contributed by atoms with E-state index < -0.39 is 0 Å². The van der Waals surface area contributed by atoms with E-state index in [2.05, 4.69) is 25.5 Å². The van der Waals surface area contributed by atoms with E-state index in [4.69, 9.17) is 0 Å². The fourth-order valence-electron chi connectivity index (χ4n) is 2.31. The molecule has 0 atom stereocenters. The van der Waals surface area contributed by atoms with Crippen LogP contribution in [0.3, 0.4) is 0 Å². The Balaban J connectivity index is 1.68. The monoisotopic (exact) mass is 403 g/mol. The number of thioether (sulfide) groups is 1. The highest BCUT2D eigenvalue weighted by Crippen LogP contribution is 2.31. The first kappa shape index (κ1) is 19.4. The number of amides is 1. The minimum absolute atomic E-state index is 0.175. The van der Waals surface area contributed by atoms with E-state index in [0.29, 0.717) is 15.8 Å². The fraction of sp³-hybridized carbons (Fsp3) is 0.278. The number of aliphatic imine (C=N–C) groups is 1. The summed E-state index contributed by atoms with van der Waals surface area (Å²) in [6.45, 7) is 3.60. The molecule has 1 aliphatic heterocycles. The lowest BCUT2D eigenvalue weighted by atomic mass is 10.2. The second kappa shape index (κ2) is 8.55. The molecule has 2 aromatic rings. The standard InChI is InChI=1S/C18H21N5O2S2/c1-11-8-12(24)4-5-14(11)21-18-22-16(25)15(27-18)9-13-10-20-17(26-13)19-6-7-23(2)3/h4-5,8-10,24H,6-7H2,1-3H3,(H,19,20)(H,21,22,25)/b15-9-. The van der Waals surface area contributed by atoms with E-state index >= 15 is 0 Å². The minimum atomic E-state index is -0.175. The van der Waals surface area contributed by atoms with Gasteiger partial charge >= 0.3 is 0 Å². The van der Waals surface area contributed by atoms with E-state index in [9.17, 15) is 9.90 Å². The van der Waals surface area contributed by atoms with E-state index in [0.717, 1.165) is 28.7 Å². The summed E-state index contributed by atoms with van der Waals surface area (Å²) in [6.07, 6.45) is 3.57. The highest BCUT2D eigenvalue weighted by Gasteiger charge is 2.24. The Morgan fingerprint density at radius 1 is 1.41 bits per heavy atom. The number of hydrogen-bond donors (Lipinski definition) is 3. The summed E-state index contributed by atoms with van der Waals surface area (Å²) in [6, 6.07) is 4.94. The van der Waals surface area contributed by atoms with E-state index in [1.807, 2.05) is 27.1 Å². The molecule has 27 heavy (non-hydrogen) atoms. The predicted molar refractivity (Wildman–Crippen MR) is 113 cm³/mol. The number of likely N-dealkylation sites (N-methyl/N-ethyl adjacent to an activating group) is 1. The number of anilines is 1. The molecule has 0 aliphatic carbocycles. The van der Waals surface area contributed by atoms with Crippen molar-refractivity contribution in [3.05, 3.63) is 39.7 Å². The summed E-state index contributed by atoms with van der Waals surface area (Å²) in [5.74, 6) is 0.0195. The number of rotatable bonds is 6. The van der Waals surface area contributed by atoms with Gasteiger partial charge in [0.1, 0.15) is 5.75 Å². The third kappa shape index (κ3) is 5.31. The zero-order chi connectivity index (χ0) is 19.4. The molecule has 0 spiro atoms. The molecule has 1 fully saturated rings. The van der Waals surface area contributed by atoms with Crippen LogP contribution in [-0.4, -0.2) is 53.3 Å². The van der Waals surface area contributed by atoms with Gasteiger partial charge in [0.2, 0.25) is 0 Å². The molecule has 1 aromatic heterocycles. The molecule has 7 nitrogen and oxygen atoms in total. The number of aromatic hydroxyl groups is 1. The van der Waals surface area contributed by atoms with Crippen molar-refractivity contribution < 1.29 is 9.90 Å². The number of aromatic nitrogens is 1. The fourth-order valence-corrected chi connectivity index (χ4v) is 3.99. The van der Waals surface area contributed by atoms with Gasteiger partial charge in [-0.3, -0.25) is 4.79 Å². The number of nitrogens with zero attached hydrogens (tertiary/aromatic N) is 3. The maximum atomic E-state index is 12.2. The summed E-state index contributed by atoms with van der Waals surface area (Å²) in [5.41, 5.74) is 1.55. The van der Waals surface area contributed by atoms with Crippen LogP contribution in [0.15, 0.2) is 34.3 Å². The average molecular weight is 404 g/mol. The molecule has 3 rings (SSSR count). The molecule has 142 valence electrons. The molecule has 0 unspecified atom stereocenters. The van der Waals surface area contributed by atoms with Crippen molar-refractivity contribution in [1.29, 1.82) is 0 Å². The number of aryl methyl sites for hydroxylation is 1. The van der Waals surface area contributed by atoms with Crippen LogP contribution in [0.2, 0.25) is 0 Å². The molecule has 1 aliphatic rings. The smallest absolute Gasteiger partial charge is 0.264 e. The molecule has 0 bridgehead atoms. The van der Waals surface area contributed by atoms with Crippen LogP contribution < -0.4 is 10.6 Å². The largest absolute Gasteiger partial charge is 0.508 e. The highest BCUT2D eigenvalue weighted by atomic mass is 32.2. The maximum absolute atomic E-state index is 12.2. The molecular formula is C18H21N5O2S2. The van der Waals surface area contributed by atoms with Gasteiger partial charge in [-0.1, -0.05) is 11.3 Å². The highest BCUT2D eigenvalue weighted by molar-refractivity contribution is 8.18. The van der Waals surface area contributed by atoms with Gasteiger partial charge < -0.3 is 20.6 Å². The lowest BCUT2D eigenvalue weighted by Gasteiger charge is -2.08. The lowest BCUT2D eigenvalue weighted by Crippen LogP contribution is -2.20. The normalized spacial score (nSPS) is 17.1. The summed E-state index contributed by atoms with van der Waals surface area (Å²) in [4.78, 5) is 24.6. The number of phenols is 1. The maximum Gasteiger partial charge on any atom is 0.264 e. The SMILES string of the molecule is Cc1cc(O)ccc1N=C1NC(=O)/C(=C/c2cnc(NCCN(C)C)s2)S1. The molecule has 1 aromatic carbocycles. The first-order valence-corrected chi connectivity index (χ1v) is 9.97. The molecule has 1 amide bonds.